The maximum Gasteiger partial charge on any atom is 0.229 e. The van der Waals surface area contributed by atoms with Crippen LogP contribution >= 0.6 is 0 Å². The minimum atomic E-state index is -0.00562. The van der Waals surface area contributed by atoms with E-state index in [4.69, 9.17) is 0 Å². The Balaban J connectivity index is 1.32. The largest absolute Gasteiger partial charge is 0.352 e. The van der Waals surface area contributed by atoms with Crippen LogP contribution in [0.15, 0.2) is 24.3 Å². The molecule has 1 aliphatic heterocycles. The normalized spacial score (nSPS) is 42.3. The lowest BCUT2D eigenvalue weighted by Gasteiger charge is -2.26. The zero-order chi connectivity index (χ0) is 14.0. The summed E-state index contributed by atoms with van der Waals surface area (Å²) in [5, 5.41) is 6.77. The van der Waals surface area contributed by atoms with E-state index in [0.717, 1.165) is 36.8 Å². The number of benzene rings is 1. The number of hydrogen-bond donors (Lipinski definition) is 2. The van der Waals surface area contributed by atoms with Crippen LogP contribution in [-0.4, -0.2) is 18.5 Å². The highest BCUT2D eigenvalue weighted by Crippen LogP contribution is 2.65. The van der Waals surface area contributed by atoms with E-state index in [1.807, 2.05) is 0 Å². The molecule has 3 saturated carbocycles. The molecule has 0 saturated heterocycles. The van der Waals surface area contributed by atoms with E-state index in [0.29, 0.717) is 6.04 Å². The molecule has 1 aromatic rings. The van der Waals surface area contributed by atoms with Gasteiger partial charge in [0.25, 0.3) is 0 Å². The van der Waals surface area contributed by atoms with Gasteiger partial charge in [-0.15, -0.1) is 0 Å². The van der Waals surface area contributed by atoms with Gasteiger partial charge >= 0.3 is 0 Å². The van der Waals surface area contributed by atoms with Crippen molar-refractivity contribution in [2.24, 2.45) is 23.7 Å². The van der Waals surface area contributed by atoms with E-state index in [1.165, 1.54) is 30.4 Å². The average Bonchev–Trinajstić information content (AvgIpc) is 2.91. The van der Waals surface area contributed by atoms with Crippen LogP contribution in [0, 0.1) is 23.7 Å². The van der Waals surface area contributed by atoms with Gasteiger partial charge in [-0.05, 0) is 54.1 Å². The van der Waals surface area contributed by atoms with Crippen LogP contribution < -0.4 is 10.6 Å². The van der Waals surface area contributed by atoms with Gasteiger partial charge in [-0.25, -0.2) is 0 Å². The molecule has 2 bridgehead atoms. The highest BCUT2D eigenvalue weighted by molar-refractivity contribution is 5.85. The molecule has 4 aliphatic rings. The molecular weight excluding hydrogens is 260 g/mol. The second-order valence-corrected chi connectivity index (χ2v) is 7.40. The Hall–Kier alpha value is -1.35. The fourth-order valence-corrected chi connectivity index (χ4v) is 5.51. The molecule has 110 valence electrons. The number of carbonyl (C=O) groups excluding carboxylic acids is 1. The first-order valence-corrected chi connectivity index (χ1v) is 8.42. The first kappa shape index (κ1) is 12.2. The molecule has 0 radical (unpaired) electrons. The Morgan fingerprint density at radius 2 is 1.90 bits per heavy atom. The Morgan fingerprint density at radius 1 is 1.14 bits per heavy atom. The third-order valence-electron chi connectivity index (χ3n) is 6.46. The number of amides is 1. The van der Waals surface area contributed by atoms with Crippen LogP contribution in [0.2, 0.25) is 0 Å². The van der Waals surface area contributed by atoms with Gasteiger partial charge in [-0.2, -0.15) is 0 Å². The summed E-state index contributed by atoms with van der Waals surface area (Å²) in [6.45, 7) is 1.66. The summed E-state index contributed by atoms with van der Waals surface area (Å²) in [6, 6.07) is 8.87. The van der Waals surface area contributed by atoms with Crippen molar-refractivity contribution in [3.05, 3.63) is 35.4 Å². The molecule has 3 nitrogen and oxygen atoms in total. The predicted molar refractivity (Wildman–Crippen MR) is 80.6 cm³/mol. The lowest BCUT2D eigenvalue weighted by atomic mass is 9.90. The van der Waals surface area contributed by atoms with Gasteiger partial charge in [0.05, 0.1) is 5.92 Å². The third kappa shape index (κ3) is 1.73. The Bertz CT molecular complexity index is 583. The first-order valence-electron chi connectivity index (χ1n) is 8.42. The molecule has 1 aromatic carbocycles. The number of fused-ring (bicyclic) bond motifs is 6. The number of hydrogen-bond acceptors (Lipinski definition) is 2. The molecule has 3 heteroatoms. The Morgan fingerprint density at radius 3 is 2.71 bits per heavy atom. The van der Waals surface area contributed by atoms with Gasteiger partial charge in [0.15, 0.2) is 0 Å². The van der Waals surface area contributed by atoms with Crippen LogP contribution in [-0.2, 0) is 11.3 Å². The topological polar surface area (TPSA) is 41.1 Å². The molecule has 5 rings (SSSR count). The van der Waals surface area contributed by atoms with E-state index < -0.39 is 0 Å². The van der Waals surface area contributed by atoms with Crippen molar-refractivity contribution >= 4 is 5.91 Å². The smallest absolute Gasteiger partial charge is 0.229 e. The van der Waals surface area contributed by atoms with Crippen LogP contribution in [0.5, 0.6) is 0 Å². The lowest BCUT2D eigenvalue weighted by Crippen LogP contribution is -2.41. The van der Waals surface area contributed by atoms with Crippen molar-refractivity contribution in [1.82, 2.24) is 10.6 Å². The van der Waals surface area contributed by atoms with Gasteiger partial charge < -0.3 is 10.6 Å². The molecule has 21 heavy (non-hydrogen) atoms. The van der Waals surface area contributed by atoms with Crippen molar-refractivity contribution in [3.63, 3.8) is 0 Å². The zero-order valence-corrected chi connectivity index (χ0v) is 12.2. The maximum absolute atomic E-state index is 12.7. The summed E-state index contributed by atoms with van der Waals surface area (Å²) in [5.41, 5.74) is 2.50. The Kier molecular flexibility index (Phi) is 2.52. The second-order valence-electron chi connectivity index (χ2n) is 7.40. The van der Waals surface area contributed by atoms with Crippen molar-refractivity contribution in [3.8, 4) is 0 Å². The molecule has 0 aromatic heterocycles. The summed E-state index contributed by atoms with van der Waals surface area (Å²) >= 11 is 0. The summed E-state index contributed by atoms with van der Waals surface area (Å²) in [5.74, 6) is 3.71. The molecule has 5 atom stereocenters. The zero-order valence-electron chi connectivity index (χ0n) is 12.2. The van der Waals surface area contributed by atoms with Crippen LogP contribution in [0.4, 0.5) is 0 Å². The predicted octanol–water partition coefficient (Wildman–Crippen LogP) is 2.03. The average molecular weight is 282 g/mol. The van der Waals surface area contributed by atoms with Gasteiger partial charge in [0.2, 0.25) is 5.91 Å². The molecule has 0 spiro atoms. The quantitative estimate of drug-likeness (QED) is 0.871. The van der Waals surface area contributed by atoms with Crippen LogP contribution in [0.25, 0.3) is 0 Å². The van der Waals surface area contributed by atoms with Crippen molar-refractivity contribution < 1.29 is 4.79 Å². The van der Waals surface area contributed by atoms with Gasteiger partial charge in [-0.3, -0.25) is 4.79 Å². The first-order chi connectivity index (χ1) is 10.3. The maximum atomic E-state index is 12.7. The van der Waals surface area contributed by atoms with Crippen molar-refractivity contribution in [2.75, 3.05) is 6.54 Å². The van der Waals surface area contributed by atoms with E-state index in [2.05, 4.69) is 34.9 Å². The molecule has 3 aliphatic carbocycles. The number of carbonyl (C=O) groups is 1. The van der Waals surface area contributed by atoms with E-state index >= 15 is 0 Å². The molecular formula is C18H22N2O. The monoisotopic (exact) mass is 282 g/mol. The van der Waals surface area contributed by atoms with Gasteiger partial charge in [-0.1, -0.05) is 24.3 Å². The highest BCUT2D eigenvalue weighted by atomic mass is 16.2. The van der Waals surface area contributed by atoms with Crippen LogP contribution in [0.3, 0.4) is 0 Å². The molecule has 1 amide bonds. The molecule has 3 fully saturated rings. The van der Waals surface area contributed by atoms with Gasteiger partial charge in [0, 0.05) is 19.1 Å². The molecule has 1 heterocycles. The summed E-state index contributed by atoms with van der Waals surface area (Å²) in [7, 11) is 0. The highest BCUT2D eigenvalue weighted by Gasteiger charge is 2.65. The lowest BCUT2D eigenvalue weighted by molar-refractivity contribution is -0.123. The van der Waals surface area contributed by atoms with Crippen molar-refractivity contribution in [2.45, 2.75) is 37.8 Å². The number of rotatable bonds is 2. The van der Waals surface area contributed by atoms with Crippen LogP contribution in [0.1, 0.15) is 36.3 Å². The summed E-state index contributed by atoms with van der Waals surface area (Å²) in [6.07, 6.45) is 4.26. The van der Waals surface area contributed by atoms with E-state index in [-0.39, 0.29) is 11.8 Å². The SMILES string of the molecule is O=C(NC1C2C3CCC(C3)C12)C1CNCc2ccccc21. The second kappa shape index (κ2) is 4.33. The molecule has 2 N–H and O–H groups in total. The van der Waals surface area contributed by atoms with E-state index in [1.54, 1.807) is 0 Å². The summed E-state index contributed by atoms with van der Waals surface area (Å²) < 4.78 is 0. The fraction of sp³-hybridized carbons (Fsp3) is 0.611. The van der Waals surface area contributed by atoms with E-state index in [9.17, 15) is 4.79 Å². The third-order valence-corrected chi connectivity index (χ3v) is 6.46. The summed E-state index contributed by atoms with van der Waals surface area (Å²) in [4.78, 5) is 12.7. The van der Waals surface area contributed by atoms with Gasteiger partial charge in [0.1, 0.15) is 0 Å². The number of nitrogens with one attached hydrogen (secondary N) is 2. The Labute approximate surface area is 125 Å². The minimum absolute atomic E-state index is 0.00562. The van der Waals surface area contributed by atoms with Crippen molar-refractivity contribution in [1.29, 1.82) is 0 Å². The minimum Gasteiger partial charge on any atom is -0.352 e. The standard InChI is InChI=1S/C18H22N2O/c21-18(14-9-19-8-12-3-1-2-4-13(12)14)20-17-15-10-5-6-11(7-10)16(15)17/h1-4,10-11,14-17,19H,5-9H2,(H,20,21). The molecule has 5 unspecified atom stereocenters. The fourth-order valence-electron chi connectivity index (χ4n) is 5.51.